The number of para-hydroxylation sites is 2. The van der Waals surface area contributed by atoms with E-state index in [0.29, 0.717) is 10.7 Å². The van der Waals surface area contributed by atoms with Crippen molar-refractivity contribution in [2.75, 3.05) is 36.0 Å². The molecule has 2 aliphatic rings. The van der Waals surface area contributed by atoms with E-state index in [-0.39, 0.29) is 18.2 Å². The molecule has 0 saturated carbocycles. The molecule has 2 saturated heterocycles. The van der Waals surface area contributed by atoms with Gasteiger partial charge in [-0.2, -0.15) is 0 Å². The summed E-state index contributed by atoms with van der Waals surface area (Å²) >= 11 is 7.53. The van der Waals surface area contributed by atoms with E-state index in [4.69, 9.17) is 11.6 Å². The molecule has 0 radical (unpaired) electrons. The molecule has 1 unspecified atom stereocenters. The van der Waals surface area contributed by atoms with Crippen molar-refractivity contribution >= 4 is 46.6 Å². The van der Waals surface area contributed by atoms with E-state index in [9.17, 15) is 9.59 Å². The number of nitrogens with zero attached hydrogens (tertiary/aromatic N) is 3. The van der Waals surface area contributed by atoms with Gasteiger partial charge in [0.15, 0.2) is 0 Å². The van der Waals surface area contributed by atoms with Gasteiger partial charge < -0.3 is 4.90 Å². The Labute approximate surface area is 202 Å². The number of rotatable bonds is 5. The van der Waals surface area contributed by atoms with Crippen LogP contribution in [0.4, 0.5) is 11.4 Å². The molecule has 3 aromatic carbocycles. The van der Waals surface area contributed by atoms with Crippen molar-refractivity contribution in [3.05, 3.63) is 83.9 Å². The largest absolute Gasteiger partial charge is 0.369 e. The zero-order valence-electron chi connectivity index (χ0n) is 18.1. The van der Waals surface area contributed by atoms with Crippen molar-refractivity contribution in [3.63, 3.8) is 0 Å². The van der Waals surface area contributed by atoms with E-state index >= 15 is 0 Å². The number of anilines is 2. The van der Waals surface area contributed by atoms with E-state index in [1.54, 1.807) is 0 Å². The van der Waals surface area contributed by atoms with Crippen LogP contribution in [0.1, 0.15) is 6.42 Å². The van der Waals surface area contributed by atoms with Crippen molar-refractivity contribution in [3.8, 4) is 0 Å². The van der Waals surface area contributed by atoms with Gasteiger partial charge in [0.2, 0.25) is 5.91 Å². The molecule has 5 rings (SSSR count). The fourth-order valence-corrected chi connectivity index (χ4v) is 5.51. The third-order valence-corrected chi connectivity index (χ3v) is 7.47. The van der Waals surface area contributed by atoms with Gasteiger partial charge in [-0.1, -0.05) is 53.7 Å². The number of imide groups is 1. The average molecular weight is 478 g/mol. The molecule has 0 aromatic heterocycles. The van der Waals surface area contributed by atoms with Gasteiger partial charge in [-0.3, -0.25) is 14.5 Å². The van der Waals surface area contributed by atoms with Gasteiger partial charge in [-0.25, -0.2) is 4.90 Å². The Morgan fingerprint density at radius 3 is 2.18 bits per heavy atom. The minimum Gasteiger partial charge on any atom is -0.369 e. The predicted molar refractivity (Wildman–Crippen MR) is 133 cm³/mol. The maximum atomic E-state index is 13.4. The maximum Gasteiger partial charge on any atom is 0.251 e. The summed E-state index contributed by atoms with van der Waals surface area (Å²) in [5.74, 6) is -0.267. The van der Waals surface area contributed by atoms with Crippen LogP contribution in [0.5, 0.6) is 0 Å². The molecule has 5 nitrogen and oxygen atoms in total. The lowest BCUT2D eigenvalue weighted by Gasteiger charge is -2.38. The molecule has 3 aromatic rings. The minimum absolute atomic E-state index is 0.127. The summed E-state index contributed by atoms with van der Waals surface area (Å²) in [6, 6.07) is 25.0. The topological polar surface area (TPSA) is 43.9 Å². The zero-order chi connectivity index (χ0) is 22.8. The highest BCUT2D eigenvalue weighted by Gasteiger charge is 2.44. The SMILES string of the molecule is O=C1CC(N2CCN(c3ccccc3)CC2)C(=O)N1c1ccccc1Sc1ccc(Cl)cc1. The number of carbonyl (C=O) groups excluding carboxylic acids is 2. The van der Waals surface area contributed by atoms with Crippen LogP contribution in [0.2, 0.25) is 5.02 Å². The molecule has 0 spiro atoms. The average Bonchev–Trinajstić information content (AvgIpc) is 3.15. The van der Waals surface area contributed by atoms with Gasteiger partial charge in [-0.05, 0) is 48.5 Å². The van der Waals surface area contributed by atoms with Crippen molar-refractivity contribution < 1.29 is 9.59 Å². The number of halogens is 1. The van der Waals surface area contributed by atoms with E-state index in [2.05, 4.69) is 21.9 Å². The Balaban J connectivity index is 1.31. The summed E-state index contributed by atoms with van der Waals surface area (Å²) in [6.45, 7) is 3.19. The van der Waals surface area contributed by atoms with Crippen LogP contribution in [-0.2, 0) is 9.59 Å². The zero-order valence-corrected chi connectivity index (χ0v) is 19.6. The summed E-state index contributed by atoms with van der Waals surface area (Å²) in [6.07, 6.45) is 0.226. The molecule has 0 N–H and O–H groups in total. The Morgan fingerprint density at radius 2 is 1.45 bits per heavy atom. The number of hydrogen-bond donors (Lipinski definition) is 0. The van der Waals surface area contributed by atoms with Crippen molar-refractivity contribution in [1.29, 1.82) is 0 Å². The fraction of sp³-hybridized carbons (Fsp3) is 0.231. The third kappa shape index (κ3) is 4.64. The summed E-state index contributed by atoms with van der Waals surface area (Å²) in [5.41, 5.74) is 1.85. The number of carbonyl (C=O) groups is 2. The quantitative estimate of drug-likeness (QED) is 0.487. The smallest absolute Gasteiger partial charge is 0.251 e. The van der Waals surface area contributed by atoms with Gasteiger partial charge in [0.25, 0.3) is 5.91 Å². The van der Waals surface area contributed by atoms with Gasteiger partial charge in [0.1, 0.15) is 0 Å². The lowest BCUT2D eigenvalue weighted by Crippen LogP contribution is -2.52. The van der Waals surface area contributed by atoms with E-state index in [1.165, 1.54) is 22.3 Å². The number of amides is 2. The molecule has 2 heterocycles. The van der Waals surface area contributed by atoms with Crippen LogP contribution >= 0.6 is 23.4 Å². The fourth-order valence-electron chi connectivity index (χ4n) is 4.44. The standard InChI is InChI=1S/C26H24ClN3O2S/c27-19-10-12-21(13-11-19)33-24-9-5-4-8-22(24)30-25(31)18-23(26(30)32)29-16-14-28(15-17-29)20-6-2-1-3-7-20/h1-13,23H,14-18H2. The highest BCUT2D eigenvalue weighted by atomic mass is 35.5. The highest BCUT2D eigenvalue weighted by Crippen LogP contribution is 2.38. The molecule has 0 bridgehead atoms. The van der Waals surface area contributed by atoms with E-state index in [0.717, 1.165) is 36.0 Å². The van der Waals surface area contributed by atoms with Gasteiger partial charge in [-0.15, -0.1) is 0 Å². The summed E-state index contributed by atoms with van der Waals surface area (Å²) < 4.78 is 0. The van der Waals surface area contributed by atoms with E-state index in [1.807, 2.05) is 66.7 Å². The first-order chi connectivity index (χ1) is 16.1. The molecule has 0 aliphatic carbocycles. The molecule has 168 valence electrons. The second-order valence-corrected chi connectivity index (χ2v) is 9.72. The van der Waals surface area contributed by atoms with Crippen LogP contribution < -0.4 is 9.80 Å². The lowest BCUT2D eigenvalue weighted by atomic mass is 10.1. The molecule has 2 aliphatic heterocycles. The maximum absolute atomic E-state index is 13.4. The first-order valence-corrected chi connectivity index (χ1v) is 12.2. The van der Waals surface area contributed by atoms with Crippen LogP contribution in [0, 0.1) is 0 Å². The first kappa shape index (κ1) is 22.0. The monoisotopic (exact) mass is 477 g/mol. The summed E-state index contributed by atoms with van der Waals surface area (Å²) in [4.78, 5) is 34.2. The normalized spacial score (nSPS) is 19.4. The van der Waals surface area contributed by atoms with Crippen LogP contribution in [-0.4, -0.2) is 48.9 Å². The second-order valence-electron chi connectivity index (χ2n) is 8.17. The van der Waals surface area contributed by atoms with Gasteiger partial charge >= 0.3 is 0 Å². The molecular weight excluding hydrogens is 454 g/mol. The molecule has 2 amide bonds. The Morgan fingerprint density at radius 1 is 0.788 bits per heavy atom. The minimum atomic E-state index is -0.399. The summed E-state index contributed by atoms with van der Waals surface area (Å²) in [7, 11) is 0. The lowest BCUT2D eigenvalue weighted by molar-refractivity contribution is -0.123. The molecule has 7 heteroatoms. The van der Waals surface area contributed by atoms with Crippen LogP contribution in [0.25, 0.3) is 0 Å². The Kier molecular flexibility index (Phi) is 6.40. The predicted octanol–water partition coefficient (Wildman–Crippen LogP) is 4.95. The van der Waals surface area contributed by atoms with Crippen molar-refractivity contribution in [2.24, 2.45) is 0 Å². The molecule has 2 fully saturated rings. The molecular formula is C26H24ClN3O2S. The van der Waals surface area contributed by atoms with Gasteiger partial charge in [0.05, 0.1) is 18.2 Å². The van der Waals surface area contributed by atoms with E-state index < -0.39 is 6.04 Å². The highest BCUT2D eigenvalue weighted by molar-refractivity contribution is 7.99. The molecule has 33 heavy (non-hydrogen) atoms. The van der Waals surface area contributed by atoms with Crippen molar-refractivity contribution in [2.45, 2.75) is 22.3 Å². The number of benzene rings is 3. The first-order valence-electron chi connectivity index (χ1n) is 11.0. The second kappa shape index (κ2) is 9.59. The summed E-state index contributed by atoms with van der Waals surface area (Å²) in [5, 5.41) is 0.674. The number of hydrogen-bond acceptors (Lipinski definition) is 5. The van der Waals surface area contributed by atoms with Crippen molar-refractivity contribution in [1.82, 2.24) is 4.90 Å². The third-order valence-electron chi connectivity index (χ3n) is 6.15. The Hall–Kier alpha value is -2.80. The van der Waals surface area contributed by atoms with Crippen LogP contribution in [0.15, 0.2) is 88.7 Å². The Bertz CT molecular complexity index is 1150. The number of piperazine rings is 1. The van der Waals surface area contributed by atoms with Crippen LogP contribution in [0.3, 0.4) is 0 Å². The van der Waals surface area contributed by atoms with Gasteiger partial charge in [0, 0.05) is 46.7 Å². The molecule has 1 atom stereocenters.